The van der Waals surface area contributed by atoms with Gasteiger partial charge in [-0.1, -0.05) is 22.0 Å². The summed E-state index contributed by atoms with van der Waals surface area (Å²) in [4.78, 5) is 0. The van der Waals surface area contributed by atoms with Gasteiger partial charge in [0.1, 0.15) is 5.82 Å². The van der Waals surface area contributed by atoms with Gasteiger partial charge in [0, 0.05) is 10.5 Å². The maximum absolute atomic E-state index is 12.9. The van der Waals surface area contributed by atoms with Gasteiger partial charge in [0.2, 0.25) is 0 Å². The van der Waals surface area contributed by atoms with Crippen LogP contribution in [-0.4, -0.2) is 6.04 Å². The summed E-state index contributed by atoms with van der Waals surface area (Å²) in [5.74, 6) is 0.530. The second kappa shape index (κ2) is 5.28. The molecule has 0 unspecified atom stereocenters. The molecule has 88 valence electrons. The van der Waals surface area contributed by atoms with Crippen LogP contribution >= 0.6 is 15.9 Å². The number of halogens is 2. The third-order valence-electron chi connectivity index (χ3n) is 3.42. The first-order chi connectivity index (χ1) is 7.65. The molecule has 2 rings (SSSR count). The quantitative estimate of drug-likeness (QED) is 0.882. The first kappa shape index (κ1) is 12.1. The predicted molar refractivity (Wildman–Crippen MR) is 67.7 cm³/mol. The van der Waals surface area contributed by atoms with Gasteiger partial charge in [-0.25, -0.2) is 4.39 Å². The Hall–Kier alpha value is -0.410. The van der Waals surface area contributed by atoms with Crippen molar-refractivity contribution in [2.45, 2.75) is 38.1 Å². The van der Waals surface area contributed by atoms with Crippen LogP contribution in [0.15, 0.2) is 22.7 Å². The van der Waals surface area contributed by atoms with Crippen LogP contribution in [0.25, 0.3) is 0 Å². The van der Waals surface area contributed by atoms with Gasteiger partial charge in [-0.2, -0.15) is 0 Å². The van der Waals surface area contributed by atoms with Crippen molar-refractivity contribution in [2.24, 2.45) is 11.7 Å². The Balaban J connectivity index is 1.98. The van der Waals surface area contributed by atoms with Crippen LogP contribution in [0.4, 0.5) is 4.39 Å². The highest BCUT2D eigenvalue weighted by molar-refractivity contribution is 9.10. The first-order valence-electron chi connectivity index (χ1n) is 5.84. The third kappa shape index (κ3) is 3.05. The molecule has 1 aliphatic rings. The van der Waals surface area contributed by atoms with Crippen molar-refractivity contribution >= 4 is 15.9 Å². The van der Waals surface area contributed by atoms with E-state index in [1.807, 2.05) is 6.07 Å². The Morgan fingerprint density at radius 3 is 2.56 bits per heavy atom. The molecule has 3 heteroatoms. The summed E-state index contributed by atoms with van der Waals surface area (Å²) in [6.45, 7) is 0. The first-order valence-corrected chi connectivity index (χ1v) is 6.64. The third-order valence-corrected chi connectivity index (χ3v) is 4.15. The van der Waals surface area contributed by atoms with Crippen molar-refractivity contribution in [3.63, 3.8) is 0 Å². The Kier molecular flexibility index (Phi) is 3.98. The predicted octanol–water partition coefficient (Wildman–Crippen LogP) is 3.65. The SMILES string of the molecule is NC1CCC(Cc2ccc(F)cc2Br)CC1. The zero-order chi connectivity index (χ0) is 11.5. The summed E-state index contributed by atoms with van der Waals surface area (Å²) >= 11 is 3.42. The highest BCUT2D eigenvalue weighted by Crippen LogP contribution is 2.29. The maximum Gasteiger partial charge on any atom is 0.124 e. The van der Waals surface area contributed by atoms with E-state index in [4.69, 9.17) is 5.73 Å². The van der Waals surface area contributed by atoms with Gasteiger partial charge in [-0.15, -0.1) is 0 Å². The van der Waals surface area contributed by atoms with Crippen molar-refractivity contribution in [1.82, 2.24) is 0 Å². The molecule has 0 heterocycles. The molecule has 0 spiro atoms. The average molecular weight is 286 g/mol. The van der Waals surface area contributed by atoms with E-state index < -0.39 is 0 Å². The number of benzene rings is 1. The van der Waals surface area contributed by atoms with Gasteiger partial charge >= 0.3 is 0 Å². The monoisotopic (exact) mass is 285 g/mol. The summed E-state index contributed by atoms with van der Waals surface area (Å²) in [6, 6.07) is 5.36. The molecule has 1 aromatic rings. The van der Waals surface area contributed by atoms with Crippen LogP contribution in [0.5, 0.6) is 0 Å². The van der Waals surface area contributed by atoms with E-state index in [9.17, 15) is 4.39 Å². The van der Waals surface area contributed by atoms with Crippen molar-refractivity contribution in [1.29, 1.82) is 0 Å². The molecular weight excluding hydrogens is 269 g/mol. The molecule has 2 N–H and O–H groups in total. The molecule has 1 saturated carbocycles. The molecule has 0 amide bonds. The van der Waals surface area contributed by atoms with Crippen molar-refractivity contribution < 1.29 is 4.39 Å². The summed E-state index contributed by atoms with van der Waals surface area (Å²) < 4.78 is 13.8. The standard InChI is InChI=1S/C13H17BrFN/c14-13-8-11(15)4-3-10(13)7-9-1-5-12(16)6-2-9/h3-4,8-9,12H,1-2,5-7,16H2. The molecule has 1 aromatic carbocycles. The van der Waals surface area contributed by atoms with Crippen molar-refractivity contribution in [3.05, 3.63) is 34.1 Å². The summed E-state index contributed by atoms with van der Waals surface area (Å²) in [5.41, 5.74) is 7.09. The van der Waals surface area contributed by atoms with Crippen LogP contribution in [0.1, 0.15) is 31.2 Å². The number of rotatable bonds is 2. The van der Waals surface area contributed by atoms with Crippen LogP contribution in [0.3, 0.4) is 0 Å². The highest BCUT2D eigenvalue weighted by Gasteiger charge is 2.19. The zero-order valence-corrected chi connectivity index (χ0v) is 10.8. The molecule has 1 aliphatic carbocycles. The van der Waals surface area contributed by atoms with E-state index in [-0.39, 0.29) is 5.82 Å². The maximum atomic E-state index is 12.9. The van der Waals surface area contributed by atoms with Crippen molar-refractivity contribution in [2.75, 3.05) is 0 Å². The van der Waals surface area contributed by atoms with E-state index in [1.165, 1.54) is 24.5 Å². The van der Waals surface area contributed by atoms with E-state index in [2.05, 4.69) is 15.9 Å². The zero-order valence-electron chi connectivity index (χ0n) is 9.26. The summed E-state index contributed by atoms with van der Waals surface area (Å²) in [5, 5.41) is 0. The van der Waals surface area contributed by atoms with E-state index in [0.29, 0.717) is 12.0 Å². The highest BCUT2D eigenvalue weighted by atomic mass is 79.9. The van der Waals surface area contributed by atoms with Gasteiger partial charge in [-0.3, -0.25) is 0 Å². The minimum atomic E-state index is -0.179. The lowest BCUT2D eigenvalue weighted by Gasteiger charge is -2.26. The Labute approximate surface area is 104 Å². The number of hydrogen-bond acceptors (Lipinski definition) is 1. The lowest BCUT2D eigenvalue weighted by molar-refractivity contribution is 0.324. The number of hydrogen-bond donors (Lipinski definition) is 1. The normalized spacial score (nSPS) is 25.7. The van der Waals surface area contributed by atoms with E-state index in [0.717, 1.165) is 23.7 Å². The van der Waals surface area contributed by atoms with Gasteiger partial charge in [0.25, 0.3) is 0 Å². The van der Waals surface area contributed by atoms with Gasteiger partial charge in [0.15, 0.2) is 0 Å². The molecule has 0 aromatic heterocycles. The van der Waals surface area contributed by atoms with Crippen LogP contribution in [-0.2, 0) is 6.42 Å². The van der Waals surface area contributed by atoms with E-state index >= 15 is 0 Å². The van der Waals surface area contributed by atoms with Crippen LogP contribution < -0.4 is 5.73 Å². The smallest absolute Gasteiger partial charge is 0.124 e. The molecule has 0 radical (unpaired) electrons. The van der Waals surface area contributed by atoms with Crippen LogP contribution in [0, 0.1) is 11.7 Å². The molecule has 1 fully saturated rings. The Bertz CT molecular complexity index is 359. The number of nitrogens with two attached hydrogens (primary N) is 1. The second-order valence-electron chi connectivity index (χ2n) is 4.72. The summed E-state index contributed by atoms with van der Waals surface area (Å²) in [6.07, 6.45) is 5.69. The van der Waals surface area contributed by atoms with Crippen LogP contribution in [0.2, 0.25) is 0 Å². The molecule has 0 bridgehead atoms. The minimum absolute atomic E-state index is 0.179. The molecular formula is C13H17BrFN. The van der Waals surface area contributed by atoms with Crippen molar-refractivity contribution in [3.8, 4) is 0 Å². The largest absolute Gasteiger partial charge is 0.328 e. The lowest BCUT2D eigenvalue weighted by Crippen LogP contribution is -2.27. The van der Waals surface area contributed by atoms with Gasteiger partial charge < -0.3 is 5.73 Å². The Morgan fingerprint density at radius 2 is 1.94 bits per heavy atom. The Morgan fingerprint density at radius 1 is 1.25 bits per heavy atom. The second-order valence-corrected chi connectivity index (χ2v) is 5.57. The fraction of sp³-hybridized carbons (Fsp3) is 0.538. The minimum Gasteiger partial charge on any atom is -0.328 e. The molecule has 16 heavy (non-hydrogen) atoms. The molecule has 0 saturated heterocycles. The van der Waals surface area contributed by atoms with Gasteiger partial charge in [0.05, 0.1) is 0 Å². The topological polar surface area (TPSA) is 26.0 Å². The fourth-order valence-electron chi connectivity index (χ4n) is 2.39. The summed E-state index contributed by atoms with van der Waals surface area (Å²) in [7, 11) is 0. The molecule has 1 nitrogen and oxygen atoms in total. The average Bonchev–Trinajstić information content (AvgIpc) is 2.25. The van der Waals surface area contributed by atoms with E-state index in [1.54, 1.807) is 6.07 Å². The lowest BCUT2D eigenvalue weighted by atomic mass is 9.83. The molecule has 0 aliphatic heterocycles. The molecule has 0 atom stereocenters. The van der Waals surface area contributed by atoms with Gasteiger partial charge in [-0.05, 0) is 55.7 Å². The fourth-order valence-corrected chi connectivity index (χ4v) is 2.90.